The van der Waals surface area contributed by atoms with E-state index < -0.39 is 10.0 Å². The molecule has 0 fully saturated rings. The van der Waals surface area contributed by atoms with Crippen molar-refractivity contribution < 1.29 is 13.2 Å². The summed E-state index contributed by atoms with van der Waals surface area (Å²) in [5.74, 6) is 0. The number of nitrogens with zero attached hydrogens (tertiary/aromatic N) is 1. The van der Waals surface area contributed by atoms with E-state index in [0.29, 0.717) is 32.7 Å². The lowest BCUT2D eigenvalue weighted by Gasteiger charge is -2.05. The molecule has 1 aromatic heterocycles. The minimum absolute atomic E-state index is 0.280. The zero-order chi connectivity index (χ0) is 15.0. The van der Waals surface area contributed by atoms with E-state index in [1.54, 1.807) is 12.3 Å². The van der Waals surface area contributed by atoms with Gasteiger partial charge in [0.05, 0.1) is 4.90 Å². The van der Waals surface area contributed by atoms with E-state index in [4.69, 9.17) is 10.5 Å². The monoisotopic (exact) mass is 303 g/mol. The van der Waals surface area contributed by atoms with Crippen LogP contribution in [-0.2, 0) is 27.8 Å². The van der Waals surface area contributed by atoms with Crippen molar-refractivity contribution in [3.63, 3.8) is 0 Å². The topological polar surface area (TPSA) is 86.3 Å². The summed E-state index contributed by atoms with van der Waals surface area (Å²) in [5.41, 5.74) is 6.47. The van der Waals surface area contributed by atoms with E-state index in [9.17, 15) is 8.42 Å². The second kappa shape index (κ2) is 8.41. The van der Waals surface area contributed by atoms with E-state index >= 15 is 0 Å². The van der Waals surface area contributed by atoms with Crippen molar-refractivity contribution in [2.45, 2.75) is 44.7 Å². The first-order valence-corrected chi connectivity index (χ1v) is 8.50. The van der Waals surface area contributed by atoms with E-state index in [1.165, 1.54) is 0 Å². The van der Waals surface area contributed by atoms with Crippen LogP contribution < -0.4 is 10.5 Å². The molecule has 0 aromatic carbocycles. The van der Waals surface area contributed by atoms with Gasteiger partial charge in [-0.1, -0.05) is 6.92 Å². The predicted molar refractivity (Wildman–Crippen MR) is 78.9 cm³/mol. The molecule has 0 saturated carbocycles. The summed E-state index contributed by atoms with van der Waals surface area (Å²) >= 11 is 0. The van der Waals surface area contributed by atoms with E-state index in [-0.39, 0.29) is 4.90 Å². The summed E-state index contributed by atoms with van der Waals surface area (Å²) in [6, 6.07) is 1.64. The maximum Gasteiger partial charge on any atom is 0.242 e. The molecule has 0 atom stereocenters. The molecular weight excluding hydrogens is 278 g/mol. The highest BCUT2D eigenvalue weighted by Gasteiger charge is 2.17. The summed E-state index contributed by atoms with van der Waals surface area (Å²) in [6.07, 6.45) is 3.24. The van der Waals surface area contributed by atoms with Gasteiger partial charge in [-0.15, -0.1) is 0 Å². The van der Waals surface area contributed by atoms with Crippen LogP contribution in [0, 0.1) is 0 Å². The SMILES string of the molecule is CCCn1cc(S(=O)(=O)NCCCOCC)cc1CN. The minimum Gasteiger partial charge on any atom is -0.382 e. The first-order valence-electron chi connectivity index (χ1n) is 7.01. The fourth-order valence-corrected chi connectivity index (χ4v) is 3.04. The maximum atomic E-state index is 12.1. The Kier molecular flexibility index (Phi) is 7.22. The molecule has 0 aliphatic rings. The Morgan fingerprint density at radius 2 is 2.15 bits per heavy atom. The standard InChI is InChI=1S/C13H25N3O3S/c1-3-7-16-11-13(9-12(16)10-14)20(17,18)15-6-5-8-19-4-2/h9,11,15H,3-8,10,14H2,1-2H3. The van der Waals surface area contributed by atoms with Gasteiger partial charge >= 0.3 is 0 Å². The van der Waals surface area contributed by atoms with Crippen LogP contribution in [-0.4, -0.2) is 32.7 Å². The van der Waals surface area contributed by atoms with Gasteiger partial charge in [0.2, 0.25) is 10.0 Å². The van der Waals surface area contributed by atoms with Gasteiger partial charge in [-0.3, -0.25) is 0 Å². The average molecular weight is 303 g/mol. The molecule has 1 heterocycles. The van der Waals surface area contributed by atoms with Gasteiger partial charge < -0.3 is 15.0 Å². The van der Waals surface area contributed by atoms with Crippen molar-refractivity contribution in [2.24, 2.45) is 5.73 Å². The second-order valence-electron chi connectivity index (χ2n) is 4.51. The first-order chi connectivity index (χ1) is 9.55. The molecule has 6 nitrogen and oxygen atoms in total. The highest BCUT2D eigenvalue weighted by molar-refractivity contribution is 7.89. The largest absolute Gasteiger partial charge is 0.382 e. The molecule has 3 N–H and O–H groups in total. The highest BCUT2D eigenvalue weighted by Crippen LogP contribution is 2.14. The Hall–Kier alpha value is -0.890. The lowest BCUT2D eigenvalue weighted by molar-refractivity contribution is 0.146. The third kappa shape index (κ3) is 4.90. The van der Waals surface area contributed by atoms with Crippen molar-refractivity contribution >= 4 is 10.0 Å². The molecule has 7 heteroatoms. The molecule has 0 aliphatic heterocycles. The third-order valence-electron chi connectivity index (χ3n) is 2.91. The van der Waals surface area contributed by atoms with E-state index in [0.717, 1.165) is 18.7 Å². The number of nitrogens with two attached hydrogens (primary N) is 1. The number of hydrogen-bond donors (Lipinski definition) is 2. The van der Waals surface area contributed by atoms with Crippen LogP contribution >= 0.6 is 0 Å². The second-order valence-corrected chi connectivity index (χ2v) is 6.28. The van der Waals surface area contributed by atoms with Gasteiger partial charge in [0, 0.05) is 44.7 Å². The fraction of sp³-hybridized carbons (Fsp3) is 0.692. The number of rotatable bonds is 10. The Labute approximate surface area is 121 Å². The number of aromatic nitrogens is 1. The smallest absolute Gasteiger partial charge is 0.242 e. The van der Waals surface area contributed by atoms with Crippen molar-refractivity contribution in [1.29, 1.82) is 0 Å². The van der Waals surface area contributed by atoms with Crippen LogP contribution in [0.3, 0.4) is 0 Å². The summed E-state index contributed by atoms with van der Waals surface area (Å²) in [5, 5.41) is 0. The Balaban J connectivity index is 2.67. The summed E-state index contributed by atoms with van der Waals surface area (Å²) in [7, 11) is -3.46. The molecule has 0 unspecified atom stereocenters. The van der Waals surface area contributed by atoms with Crippen LogP contribution in [0.5, 0.6) is 0 Å². The fourth-order valence-electron chi connectivity index (χ4n) is 1.90. The van der Waals surface area contributed by atoms with Crippen LogP contribution in [0.1, 0.15) is 32.4 Å². The lowest BCUT2D eigenvalue weighted by Crippen LogP contribution is -2.25. The van der Waals surface area contributed by atoms with Crippen molar-refractivity contribution in [1.82, 2.24) is 9.29 Å². The Bertz CT molecular complexity index is 497. The van der Waals surface area contributed by atoms with Gasteiger partial charge in [0.15, 0.2) is 0 Å². The molecule has 0 bridgehead atoms. The van der Waals surface area contributed by atoms with Gasteiger partial charge in [0.1, 0.15) is 0 Å². The number of sulfonamides is 1. The molecule has 1 rings (SSSR count). The Morgan fingerprint density at radius 1 is 1.40 bits per heavy atom. The zero-order valence-corrected chi connectivity index (χ0v) is 13.1. The minimum atomic E-state index is -3.46. The quantitative estimate of drug-likeness (QED) is 0.633. The summed E-state index contributed by atoms with van der Waals surface area (Å²) < 4.78 is 33.9. The van der Waals surface area contributed by atoms with Crippen LogP contribution in [0.4, 0.5) is 0 Å². The highest BCUT2D eigenvalue weighted by atomic mass is 32.2. The third-order valence-corrected chi connectivity index (χ3v) is 4.33. The molecular formula is C13H25N3O3S. The molecule has 0 saturated heterocycles. The molecule has 116 valence electrons. The zero-order valence-electron chi connectivity index (χ0n) is 12.3. The van der Waals surface area contributed by atoms with E-state index in [2.05, 4.69) is 4.72 Å². The summed E-state index contributed by atoms with van der Waals surface area (Å²) in [6.45, 7) is 6.64. The van der Waals surface area contributed by atoms with Crippen LogP contribution in [0.25, 0.3) is 0 Å². The molecule has 0 radical (unpaired) electrons. The Morgan fingerprint density at radius 3 is 2.75 bits per heavy atom. The van der Waals surface area contributed by atoms with Crippen molar-refractivity contribution in [3.8, 4) is 0 Å². The summed E-state index contributed by atoms with van der Waals surface area (Å²) in [4.78, 5) is 0.280. The van der Waals surface area contributed by atoms with E-state index in [1.807, 2.05) is 18.4 Å². The van der Waals surface area contributed by atoms with Crippen LogP contribution in [0.2, 0.25) is 0 Å². The number of ether oxygens (including phenoxy) is 1. The van der Waals surface area contributed by atoms with Crippen LogP contribution in [0.15, 0.2) is 17.2 Å². The van der Waals surface area contributed by atoms with Gasteiger partial charge in [-0.05, 0) is 25.8 Å². The van der Waals surface area contributed by atoms with Crippen molar-refractivity contribution in [3.05, 3.63) is 18.0 Å². The molecule has 0 spiro atoms. The average Bonchev–Trinajstić information content (AvgIpc) is 2.83. The van der Waals surface area contributed by atoms with Gasteiger partial charge in [0.25, 0.3) is 0 Å². The maximum absolute atomic E-state index is 12.1. The number of aryl methyl sites for hydroxylation is 1. The normalized spacial score (nSPS) is 11.9. The lowest BCUT2D eigenvalue weighted by atomic mass is 10.4. The number of nitrogens with one attached hydrogen (secondary N) is 1. The van der Waals surface area contributed by atoms with Gasteiger partial charge in [-0.25, -0.2) is 13.1 Å². The molecule has 0 amide bonds. The van der Waals surface area contributed by atoms with Gasteiger partial charge in [-0.2, -0.15) is 0 Å². The predicted octanol–water partition coefficient (Wildman–Crippen LogP) is 1.06. The molecule has 20 heavy (non-hydrogen) atoms. The number of hydrogen-bond acceptors (Lipinski definition) is 4. The first kappa shape index (κ1) is 17.2. The van der Waals surface area contributed by atoms with Crippen molar-refractivity contribution in [2.75, 3.05) is 19.8 Å². The molecule has 1 aromatic rings. The molecule has 0 aliphatic carbocycles.